The zero-order chi connectivity index (χ0) is 17.9. The fraction of sp³-hybridized carbons (Fsp3) is 0.211. The van der Waals surface area contributed by atoms with Crippen LogP contribution in [0.25, 0.3) is 22.0 Å². The average molecular weight is 383 g/mol. The maximum atomic E-state index is 5.45. The molecule has 5 nitrogen and oxygen atoms in total. The number of hydrogen-bond acceptors (Lipinski definition) is 6. The van der Waals surface area contributed by atoms with E-state index in [0.717, 1.165) is 39.4 Å². The van der Waals surface area contributed by atoms with Crippen molar-refractivity contribution in [2.45, 2.75) is 31.3 Å². The quantitative estimate of drug-likeness (QED) is 0.425. The van der Waals surface area contributed by atoms with Gasteiger partial charge in [0.15, 0.2) is 16.7 Å². The molecule has 0 aliphatic heterocycles. The highest BCUT2D eigenvalue weighted by atomic mass is 32.2. The van der Waals surface area contributed by atoms with Crippen LogP contribution in [0.2, 0.25) is 0 Å². The molecule has 0 radical (unpaired) electrons. The lowest BCUT2D eigenvalue weighted by molar-refractivity contribution is 0.427. The highest BCUT2D eigenvalue weighted by Gasteiger charge is 2.15. The lowest BCUT2D eigenvalue weighted by Crippen LogP contribution is -2.00. The first kappa shape index (κ1) is 17.1. The second kappa shape index (κ2) is 7.47. The van der Waals surface area contributed by atoms with Gasteiger partial charge in [-0.2, -0.15) is 0 Å². The summed E-state index contributed by atoms with van der Waals surface area (Å²) in [5.41, 5.74) is 3.22. The zero-order valence-electron chi connectivity index (χ0n) is 14.5. The summed E-state index contributed by atoms with van der Waals surface area (Å²) < 4.78 is 7.59. The van der Waals surface area contributed by atoms with E-state index in [1.807, 2.05) is 35.7 Å². The number of hydrogen-bond donors (Lipinski definition) is 0. The van der Waals surface area contributed by atoms with E-state index in [1.54, 1.807) is 23.1 Å². The van der Waals surface area contributed by atoms with Crippen LogP contribution in [0.15, 0.2) is 57.5 Å². The van der Waals surface area contributed by atoms with E-state index in [0.29, 0.717) is 5.75 Å². The van der Waals surface area contributed by atoms with Crippen LogP contribution in [-0.4, -0.2) is 19.9 Å². The highest BCUT2D eigenvalue weighted by Crippen LogP contribution is 2.30. The minimum Gasteiger partial charge on any atom is -0.355 e. The minimum absolute atomic E-state index is 0.695. The molecule has 132 valence electrons. The molecule has 0 saturated carbocycles. The summed E-state index contributed by atoms with van der Waals surface area (Å²) in [5.74, 6) is 2.42. The van der Waals surface area contributed by atoms with Crippen molar-refractivity contribution >= 4 is 23.1 Å². The molecule has 0 amide bonds. The van der Waals surface area contributed by atoms with Gasteiger partial charge in [0, 0.05) is 23.9 Å². The third kappa shape index (κ3) is 3.32. The molecule has 4 aromatic rings. The Bertz CT molecular complexity index is 1000. The van der Waals surface area contributed by atoms with Gasteiger partial charge in [-0.3, -0.25) is 0 Å². The topological polar surface area (TPSA) is 56.7 Å². The molecular weight excluding hydrogens is 364 g/mol. The van der Waals surface area contributed by atoms with E-state index in [9.17, 15) is 0 Å². The molecule has 0 N–H and O–H groups in total. The smallest absolute Gasteiger partial charge is 0.191 e. The van der Waals surface area contributed by atoms with Crippen LogP contribution < -0.4 is 0 Å². The summed E-state index contributed by atoms with van der Waals surface area (Å²) >= 11 is 3.27. The van der Waals surface area contributed by atoms with Crippen molar-refractivity contribution in [3.05, 3.63) is 59.1 Å². The van der Waals surface area contributed by atoms with Gasteiger partial charge in [-0.1, -0.05) is 47.3 Å². The van der Waals surface area contributed by atoms with Crippen LogP contribution in [0.4, 0.5) is 0 Å². The summed E-state index contributed by atoms with van der Waals surface area (Å²) in [6.07, 6.45) is 0. The first-order chi connectivity index (χ1) is 12.8. The zero-order valence-corrected chi connectivity index (χ0v) is 16.2. The molecule has 7 heteroatoms. The Morgan fingerprint density at radius 1 is 1.15 bits per heavy atom. The van der Waals surface area contributed by atoms with Crippen LogP contribution in [0.1, 0.15) is 18.2 Å². The lowest BCUT2D eigenvalue weighted by atomic mass is 10.1. The first-order valence-corrected chi connectivity index (χ1v) is 10.2. The van der Waals surface area contributed by atoms with Crippen LogP contribution in [0.5, 0.6) is 0 Å². The predicted octanol–water partition coefficient (Wildman–Crippen LogP) is 5.28. The maximum absolute atomic E-state index is 5.45. The number of nitrogens with zero attached hydrogens (tertiary/aromatic N) is 4. The molecule has 3 heterocycles. The molecule has 0 atom stereocenters. The van der Waals surface area contributed by atoms with Crippen molar-refractivity contribution in [1.29, 1.82) is 0 Å². The van der Waals surface area contributed by atoms with Gasteiger partial charge in [0.1, 0.15) is 0 Å². The van der Waals surface area contributed by atoms with E-state index >= 15 is 0 Å². The number of thiophene rings is 1. The Morgan fingerprint density at radius 3 is 2.81 bits per heavy atom. The molecular formula is C19H18N4OS2. The van der Waals surface area contributed by atoms with Crippen molar-refractivity contribution < 1.29 is 4.52 Å². The number of thioether (sulfide) groups is 1. The summed E-state index contributed by atoms with van der Waals surface area (Å²) in [7, 11) is 0. The Balaban J connectivity index is 1.53. The molecule has 0 fully saturated rings. The van der Waals surface area contributed by atoms with Crippen molar-refractivity contribution in [2.75, 3.05) is 0 Å². The molecule has 0 bridgehead atoms. The van der Waals surface area contributed by atoms with Gasteiger partial charge >= 0.3 is 0 Å². The van der Waals surface area contributed by atoms with Crippen molar-refractivity contribution in [3.8, 4) is 22.0 Å². The number of aromatic nitrogens is 4. The van der Waals surface area contributed by atoms with Crippen LogP contribution in [-0.2, 0) is 12.3 Å². The summed E-state index contributed by atoms with van der Waals surface area (Å²) in [6.45, 7) is 5.02. The molecule has 0 saturated heterocycles. The molecule has 4 rings (SSSR count). The van der Waals surface area contributed by atoms with Gasteiger partial charge in [-0.05, 0) is 30.9 Å². The van der Waals surface area contributed by atoms with E-state index in [4.69, 9.17) is 4.52 Å². The number of rotatable bonds is 6. The Morgan fingerprint density at radius 2 is 2.04 bits per heavy atom. The largest absolute Gasteiger partial charge is 0.355 e. The Labute approximate surface area is 160 Å². The van der Waals surface area contributed by atoms with Crippen LogP contribution >= 0.6 is 23.1 Å². The third-order valence-electron chi connectivity index (χ3n) is 4.09. The maximum Gasteiger partial charge on any atom is 0.191 e. The van der Waals surface area contributed by atoms with Crippen molar-refractivity contribution in [2.24, 2.45) is 0 Å². The van der Waals surface area contributed by atoms with Gasteiger partial charge < -0.3 is 9.09 Å². The molecule has 26 heavy (non-hydrogen) atoms. The monoisotopic (exact) mass is 382 g/mol. The van der Waals surface area contributed by atoms with Crippen molar-refractivity contribution in [1.82, 2.24) is 19.9 Å². The van der Waals surface area contributed by atoms with E-state index in [1.165, 1.54) is 5.56 Å². The second-order valence-electron chi connectivity index (χ2n) is 5.81. The molecule has 0 aliphatic carbocycles. The van der Waals surface area contributed by atoms with Crippen LogP contribution in [0.3, 0.4) is 0 Å². The van der Waals surface area contributed by atoms with E-state index in [2.05, 4.69) is 45.9 Å². The highest BCUT2D eigenvalue weighted by molar-refractivity contribution is 7.98. The van der Waals surface area contributed by atoms with Gasteiger partial charge in [-0.15, -0.1) is 21.5 Å². The molecule has 0 aliphatic rings. The summed E-state index contributed by atoms with van der Waals surface area (Å²) in [5, 5.41) is 15.9. The van der Waals surface area contributed by atoms with E-state index in [-0.39, 0.29) is 0 Å². The van der Waals surface area contributed by atoms with Crippen LogP contribution in [0, 0.1) is 6.92 Å². The van der Waals surface area contributed by atoms with Gasteiger partial charge in [0.25, 0.3) is 0 Å². The lowest BCUT2D eigenvalue weighted by Gasteiger charge is -2.08. The normalized spacial score (nSPS) is 11.2. The van der Waals surface area contributed by atoms with E-state index < -0.39 is 0 Å². The first-order valence-electron chi connectivity index (χ1n) is 8.37. The van der Waals surface area contributed by atoms with Crippen molar-refractivity contribution in [3.63, 3.8) is 0 Å². The van der Waals surface area contributed by atoms with Gasteiger partial charge in [0.2, 0.25) is 0 Å². The number of aryl methyl sites for hydroxylation is 1. The van der Waals surface area contributed by atoms with Gasteiger partial charge in [0.05, 0.1) is 10.6 Å². The molecule has 0 spiro atoms. The SMILES string of the molecule is CCn1c(SCc2cc(-c3cccs3)on2)nnc1-c1ccccc1C. The fourth-order valence-corrected chi connectivity index (χ4v) is 4.31. The summed E-state index contributed by atoms with van der Waals surface area (Å²) in [4.78, 5) is 1.09. The Hall–Kier alpha value is -2.38. The standard InChI is InChI=1S/C19H18N4OS2/c1-3-23-18(15-8-5-4-7-13(15)2)20-21-19(23)26-12-14-11-16(24-22-14)17-9-6-10-25-17/h4-11H,3,12H2,1-2H3. The molecule has 1 aromatic carbocycles. The fourth-order valence-electron chi connectivity index (χ4n) is 2.76. The second-order valence-corrected chi connectivity index (χ2v) is 7.70. The minimum atomic E-state index is 0.695. The molecule has 0 unspecified atom stereocenters. The number of benzene rings is 1. The Kier molecular flexibility index (Phi) is 4.90. The third-order valence-corrected chi connectivity index (χ3v) is 5.98. The van der Waals surface area contributed by atoms with Gasteiger partial charge in [-0.25, -0.2) is 0 Å². The average Bonchev–Trinajstić information content (AvgIpc) is 3.39. The molecule has 3 aromatic heterocycles. The summed E-state index contributed by atoms with van der Waals surface area (Å²) in [6, 6.07) is 14.3. The predicted molar refractivity (Wildman–Crippen MR) is 105 cm³/mol.